The first-order chi connectivity index (χ1) is 14.8. The Morgan fingerprint density at radius 3 is 2.55 bits per heavy atom. The van der Waals surface area contributed by atoms with Gasteiger partial charge >= 0.3 is 0 Å². The van der Waals surface area contributed by atoms with Crippen LogP contribution in [-0.4, -0.2) is 27.5 Å². The number of nitrogens with zero attached hydrogens (tertiary/aromatic N) is 1. The zero-order valence-corrected chi connectivity index (χ0v) is 19.3. The Labute approximate surface area is 186 Å². The van der Waals surface area contributed by atoms with Crippen molar-refractivity contribution >= 4 is 38.6 Å². The van der Waals surface area contributed by atoms with Crippen molar-refractivity contribution < 1.29 is 17.9 Å². The van der Waals surface area contributed by atoms with E-state index in [1.807, 2.05) is 38.3 Å². The lowest BCUT2D eigenvalue weighted by molar-refractivity contribution is 0.0993. The Kier molecular flexibility index (Phi) is 5.77. The molecule has 0 saturated carbocycles. The van der Waals surface area contributed by atoms with E-state index in [9.17, 15) is 13.2 Å². The second-order valence-corrected chi connectivity index (χ2v) is 10.1. The Hall–Kier alpha value is -2.84. The molecule has 1 aliphatic rings. The fraction of sp³-hybridized carbons (Fsp3) is 0.261. The van der Waals surface area contributed by atoms with E-state index in [0.29, 0.717) is 29.5 Å². The Balaban J connectivity index is 1.62. The Bertz CT molecular complexity index is 1210. The van der Waals surface area contributed by atoms with Crippen LogP contribution in [0.15, 0.2) is 52.7 Å². The maximum absolute atomic E-state index is 13.0. The first-order valence-electron chi connectivity index (χ1n) is 10.1. The third-order valence-electron chi connectivity index (χ3n) is 5.24. The predicted molar refractivity (Wildman–Crippen MR) is 124 cm³/mol. The number of anilines is 2. The summed E-state index contributed by atoms with van der Waals surface area (Å²) in [6.07, 6.45) is 0.747. The van der Waals surface area contributed by atoms with Gasteiger partial charge < -0.3 is 9.64 Å². The average molecular weight is 457 g/mol. The molecule has 1 amide bonds. The SMILES string of the molecule is CCOc1c(C)cc(S(=O)(=O)Nc2ccc3c(c2)N(C(=O)c2cccs2)CC3)cc1C. The smallest absolute Gasteiger partial charge is 0.268 e. The van der Waals surface area contributed by atoms with Gasteiger partial charge in [-0.1, -0.05) is 12.1 Å². The third kappa shape index (κ3) is 4.18. The van der Waals surface area contributed by atoms with Crippen molar-refractivity contribution in [3.8, 4) is 5.75 Å². The van der Waals surface area contributed by atoms with Gasteiger partial charge in [0.15, 0.2) is 0 Å². The van der Waals surface area contributed by atoms with Crippen molar-refractivity contribution in [2.75, 3.05) is 22.8 Å². The van der Waals surface area contributed by atoms with Crippen molar-refractivity contribution in [3.63, 3.8) is 0 Å². The van der Waals surface area contributed by atoms with Crippen LogP contribution in [-0.2, 0) is 16.4 Å². The molecule has 1 N–H and O–H groups in total. The monoisotopic (exact) mass is 456 g/mol. The molecule has 6 nitrogen and oxygen atoms in total. The minimum atomic E-state index is -3.80. The molecule has 1 aromatic heterocycles. The molecule has 3 aromatic rings. The van der Waals surface area contributed by atoms with E-state index in [1.54, 1.807) is 35.2 Å². The molecule has 0 saturated heterocycles. The van der Waals surface area contributed by atoms with E-state index in [4.69, 9.17) is 4.74 Å². The summed E-state index contributed by atoms with van der Waals surface area (Å²) in [6.45, 7) is 6.66. The number of hydrogen-bond acceptors (Lipinski definition) is 5. The van der Waals surface area contributed by atoms with Crippen LogP contribution in [0.2, 0.25) is 0 Å². The van der Waals surface area contributed by atoms with Gasteiger partial charge in [-0.3, -0.25) is 9.52 Å². The third-order valence-corrected chi connectivity index (χ3v) is 7.46. The first kappa shape index (κ1) is 21.4. The highest BCUT2D eigenvalue weighted by Crippen LogP contribution is 2.34. The molecule has 1 aliphatic heterocycles. The lowest BCUT2D eigenvalue weighted by Gasteiger charge is -2.18. The van der Waals surface area contributed by atoms with E-state index < -0.39 is 10.0 Å². The van der Waals surface area contributed by atoms with E-state index >= 15 is 0 Å². The lowest BCUT2D eigenvalue weighted by atomic mass is 10.1. The van der Waals surface area contributed by atoms with Crippen molar-refractivity contribution in [2.24, 2.45) is 0 Å². The van der Waals surface area contributed by atoms with Gasteiger partial charge in [-0.2, -0.15) is 0 Å². The molecule has 0 aliphatic carbocycles. The van der Waals surface area contributed by atoms with Gasteiger partial charge in [0.25, 0.3) is 15.9 Å². The maximum atomic E-state index is 13.0. The van der Waals surface area contributed by atoms with Crippen LogP contribution in [0.3, 0.4) is 0 Å². The van der Waals surface area contributed by atoms with Crippen LogP contribution >= 0.6 is 11.3 Å². The number of carbonyl (C=O) groups is 1. The fourth-order valence-electron chi connectivity index (χ4n) is 3.84. The lowest BCUT2D eigenvalue weighted by Crippen LogP contribution is -2.28. The predicted octanol–water partition coefficient (Wildman–Crippen LogP) is 4.77. The molecule has 0 bridgehead atoms. The molecule has 0 radical (unpaired) electrons. The van der Waals surface area contributed by atoms with Gasteiger partial charge in [0, 0.05) is 12.2 Å². The molecule has 2 aromatic carbocycles. The van der Waals surface area contributed by atoms with Gasteiger partial charge in [-0.25, -0.2) is 8.42 Å². The number of benzene rings is 2. The molecule has 2 heterocycles. The summed E-state index contributed by atoms with van der Waals surface area (Å²) in [5, 5.41) is 1.87. The summed E-state index contributed by atoms with van der Waals surface area (Å²) in [7, 11) is -3.80. The van der Waals surface area contributed by atoms with Crippen LogP contribution in [0.1, 0.15) is 33.3 Å². The zero-order valence-electron chi connectivity index (χ0n) is 17.6. The molecule has 0 spiro atoms. The Morgan fingerprint density at radius 1 is 1.16 bits per heavy atom. The molecular formula is C23H24N2O4S2. The molecular weight excluding hydrogens is 432 g/mol. The number of sulfonamides is 1. The van der Waals surface area contributed by atoms with Crippen LogP contribution in [0, 0.1) is 13.8 Å². The summed E-state index contributed by atoms with van der Waals surface area (Å²) < 4.78 is 34.4. The van der Waals surface area contributed by atoms with E-state index in [-0.39, 0.29) is 10.8 Å². The molecule has 0 fully saturated rings. The molecule has 31 heavy (non-hydrogen) atoms. The van der Waals surface area contributed by atoms with Crippen LogP contribution in [0.4, 0.5) is 11.4 Å². The van der Waals surface area contributed by atoms with E-state index in [1.165, 1.54) is 11.3 Å². The molecule has 4 rings (SSSR count). The fourth-order valence-corrected chi connectivity index (χ4v) is 5.73. The standard InChI is InChI=1S/C23H24N2O4S2/c1-4-29-22-15(2)12-19(13-16(22)3)31(27,28)24-18-8-7-17-9-10-25(20(17)14-18)23(26)21-6-5-11-30-21/h5-8,11-14,24H,4,9-10H2,1-3H3. The van der Waals surface area contributed by atoms with Crippen LogP contribution in [0.25, 0.3) is 0 Å². The number of thiophene rings is 1. The molecule has 162 valence electrons. The zero-order chi connectivity index (χ0) is 22.2. The number of nitrogens with one attached hydrogen (secondary N) is 1. The van der Waals surface area contributed by atoms with Gasteiger partial charge in [0.05, 0.1) is 22.1 Å². The number of ether oxygens (including phenoxy) is 1. The molecule has 8 heteroatoms. The molecule has 0 unspecified atom stereocenters. The second-order valence-electron chi connectivity index (χ2n) is 7.45. The van der Waals surface area contributed by atoms with Crippen LogP contribution < -0.4 is 14.4 Å². The maximum Gasteiger partial charge on any atom is 0.268 e. The largest absolute Gasteiger partial charge is 0.493 e. The number of hydrogen-bond donors (Lipinski definition) is 1. The minimum Gasteiger partial charge on any atom is -0.493 e. The van der Waals surface area contributed by atoms with Gasteiger partial charge in [-0.05, 0) is 79.6 Å². The topological polar surface area (TPSA) is 75.7 Å². The van der Waals surface area contributed by atoms with Crippen molar-refractivity contribution in [1.29, 1.82) is 0 Å². The highest BCUT2D eigenvalue weighted by atomic mass is 32.2. The second kappa shape index (κ2) is 8.36. The van der Waals surface area contributed by atoms with Crippen molar-refractivity contribution in [3.05, 3.63) is 69.4 Å². The highest BCUT2D eigenvalue weighted by Gasteiger charge is 2.27. The first-order valence-corrected chi connectivity index (χ1v) is 12.4. The molecule has 0 atom stereocenters. The number of rotatable bonds is 6. The number of aryl methyl sites for hydroxylation is 2. The summed E-state index contributed by atoms with van der Waals surface area (Å²) in [5.41, 5.74) is 3.74. The Morgan fingerprint density at radius 2 is 1.90 bits per heavy atom. The van der Waals surface area contributed by atoms with Gasteiger partial charge in [0.2, 0.25) is 0 Å². The van der Waals surface area contributed by atoms with E-state index in [0.717, 1.165) is 28.8 Å². The number of fused-ring (bicyclic) bond motifs is 1. The highest BCUT2D eigenvalue weighted by molar-refractivity contribution is 7.92. The summed E-state index contributed by atoms with van der Waals surface area (Å²) >= 11 is 1.40. The number of carbonyl (C=O) groups excluding carboxylic acids is 1. The summed E-state index contributed by atoms with van der Waals surface area (Å²) in [5.74, 6) is 0.647. The normalized spacial score (nSPS) is 13.2. The van der Waals surface area contributed by atoms with Crippen LogP contribution in [0.5, 0.6) is 5.75 Å². The quantitative estimate of drug-likeness (QED) is 0.580. The summed E-state index contributed by atoms with van der Waals surface area (Å²) in [6, 6.07) is 12.2. The summed E-state index contributed by atoms with van der Waals surface area (Å²) in [4.78, 5) is 15.4. The van der Waals surface area contributed by atoms with Gasteiger partial charge in [-0.15, -0.1) is 11.3 Å². The van der Waals surface area contributed by atoms with Gasteiger partial charge in [0.1, 0.15) is 5.75 Å². The van der Waals surface area contributed by atoms with E-state index in [2.05, 4.69) is 4.72 Å². The minimum absolute atomic E-state index is 0.0634. The number of amides is 1. The van der Waals surface area contributed by atoms with Crippen molar-refractivity contribution in [1.82, 2.24) is 0 Å². The van der Waals surface area contributed by atoms with Crippen molar-refractivity contribution in [2.45, 2.75) is 32.1 Å². The average Bonchev–Trinajstić information content (AvgIpc) is 3.39.